The minimum atomic E-state index is -1.10. The second kappa shape index (κ2) is 7.82. The molecule has 3 unspecified atom stereocenters. The lowest BCUT2D eigenvalue weighted by atomic mass is 9.70. The normalized spacial score (nSPS) is 39.1. The highest BCUT2D eigenvalue weighted by atomic mass is 16.7. The fourth-order valence-electron chi connectivity index (χ4n) is 5.99. The maximum absolute atomic E-state index is 13.0. The number of rotatable bonds is 3. The van der Waals surface area contributed by atoms with Crippen LogP contribution in [0.1, 0.15) is 57.8 Å². The molecule has 1 N–H and O–H groups in total. The van der Waals surface area contributed by atoms with Crippen LogP contribution in [0.3, 0.4) is 0 Å². The van der Waals surface area contributed by atoms with Crippen molar-refractivity contribution in [2.45, 2.75) is 75.6 Å². The van der Waals surface area contributed by atoms with E-state index in [1.807, 2.05) is 4.90 Å². The van der Waals surface area contributed by atoms with E-state index in [4.69, 9.17) is 9.47 Å². The highest BCUT2D eigenvalue weighted by molar-refractivity contribution is 5.88. The van der Waals surface area contributed by atoms with Crippen LogP contribution in [0.15, 0.2) is 0 Å². The summed E-state index contributed by atoms with van der Waals surface area (Å²) in [4.78, 5) is 29.0. The Labute approximate surface area is 172 Å². The van der Waals surface area contributed by atoms with Gasteiger partial charge in [-0.2, -0.15) is 0 Å². The molecule has 3 aliphatic carbocycles. The van der Waals surface area contributed by atoms with E-state index >= 15 is 0 Å². The molecule has 2 heterocycles. The van der Waals surface area contributed by atoms with Crippen LogP contribution in [-0.2, 0) is 19.1 Å². The Morgan fingerprint density at radius 1 is 0.793 bits per heavy atom. The second-order valence-corrected chi connectivity index (χ2v) is 9.86. The largest absolute Gasteiger partial charge is 0.380 e. The number of hydrogen-bond donors (Lipinski definition) is 1. The fraction of sp³-hybridized carbons (Fsp3) is 0.909. The Hall–Kier alpha value is -1.18. The molecule has 7 nitrogen and oxygen atoms in total. The van der Waals surface area contributed by atoms with Crippen molar-refractivity contribution < 1.29 is 24.2 Å². The number of nitrogens with zero attached hydrogens (tertiary/aromatic N) is 2. The first kappa shape index (κ1) is 19.8. The third kappa shape index (κ3) is 3.93. The molecule has 5 fully saturated rings. The van der Waals surface area contributed by atoms with E-state index in [9.17, 15) is 14.7 Å². The van der Waals surface area contributed by atoms with Gasteiger partial charge in [0.1, 0.15) is 12.4 Å². The van der Waals surface area contributed by atoms with E-state index in [2.05, 4.69) is 0 Å². The standard InChI is InChI=1S/C22H34N2O5/c25-20(23-9-11-24(12-10-23)21(26)22(27)7-8-22)16-3-1-15(2-4-16)17-5-6-18-19(13-17)29-14-28-18/h15-19,27H,1-14H2. The molecule has 162 valence electrons. The highest BCUT2D eigenvalue weighted by Crippen LogP contribution is 2.43. The predicted octanol–water partition coefficient (Wildman–Crippen LogP) is 1.53. The Bertz CT molecular complexity index is 635. The van der Waals surface area contributed by atoms with Gasteiger partial charge in [0.25, 0.3) is 5.91 Å². The zero-order valence-electron chi connectivity index (χ0n) is 17.3. The molecular weight excluding hydrogens is 372 g/mol. The van der Waals surface area contributed by atoms with Crippen molar-refractivity contribution in [1.29, 1.82) is 0 Å². The van der Waals surface area contributed by atoms with Gasteiger partial charge in [0.2, 0.25) is 5.91 Å². The number of piperazine rings is 1. The van der Waals surface area contributed by atoms with Crippen LogP contribution in [0.25, 0.3) is 0 Å². The fourth-order valence-corrected chi connectivity index (χ4v) is 5.99. The van der Waals surface area contributed by atoms with Crippen LogP contribution in [0.4, 0.5) is 0 Å². The van der Waals surface area contributed by atoms with E-state index in [0.29, 0.717) is 58.0 Å². The van der Waals surface area contributed by atoms with Gasteiger partial charge in [-0.25, -0.2) is 0 Å². The summed E-state index contributed by atoms with van der Waals surface area (Å²) in [5.41, 5.74) is -1.10. The molecule has 3 atom stereocenters. The molecule has 7 heteroatoms. The van der Waals surface area contributed by atoms with Gasteiger partial charge in [-0.15, -0.1) is 0 Å². The van der Waals surface area contributed by atoms with Gasteiger partial charge >= 0.3 is 0 Å². The van der Waals surface area contributed by atoms with E-state index in [1.165, 1.54) is 6.42 Å². The molecule has 0 radical (unpaired) electrons. The van der Waals surface area contributed by atoms with Crippen LogP contribution in [0.2, 0.25) is 0 Å². The van der Waals surface area contributed by atoms with Crippen molar-refractivity contribution in [3.63, 3.8) is 0 Å². The van der Waals surface area contributed by atoms with E-state index in [1.54, 1.807) is 4.90 Å². The average Bonchev–Trinajstić information content (AvgIpc) is 3.34. The maximum atomic E-state index is 13.0. The van der Waals surface area contributed by atoms with E-state index < -0.39 is 5.60 Å². The molecule has 2 amide bonds. The number of ether oxygens (including phenoxy) is 2. The summed E-state index contributed by atoms with van der Waals surface area (Å²) in [5, 5.41) is 10.0. The number of carbonyl (C=O) groups excluding carboxylic acids is 2. The quantitative estimate of drug-likeness (QED) is 0.769. The van der Waals surface area contributed by atoms with Crippen LogP contribution in [-0.4, -0.2) is 77.5 Å². The lowest BCUT2D eigenvalue weighted by molar-refractivity contribution is -0.148. The molecule has 0 spiro atoms. The SMILES string of the molecule is O=C(C1CCC(C2CCC3OCOC3C2)CC1)N1CCN(C(=O)C2(O)CC2)CC1. The molecule has 3 saturated carbocycles. The van der Waals surface area contributed by atoms with Crippen molar-refractivity contribution in [1.82, 2.24) is 9.80 Å². The molecule has 0 bridgehead atoms. The van der Waals surface area contributed by atoms with Gasteiger partial charge in [0.05, 0.1) is 12.2 Å². The molecule has 0 aromatic heterocycles. The van der Waals surface area contributed by atoms with Crippen molar-refractivity contribution in [3.05, 3.63) is 0 Å². The lowest BCUT2D eigenvalue weighted by Crippen LogP contribution is -2.54. The first-order chi connectivity index (χ1) is 14.0. The number of amides is 2. The molecule has 29 heavy (non-hydrogen) atoms. The van der Waals surface area contributed by atoms with Crippen molar-refractivity contribution >= 4 is 11.8 Å². The summed E-state index contributed by atoms with van der Waals surface area (Å²) >= 11 is 0. The Morgan fingerprint density at radius 2 is 1.41 bits per heavy atom. The van der Waals surface area contributed by atoms with Gasteiger partial charge in [-0.05, 0) is 69.6 Å². The van der Waals surface area contributed by atoms with Crippen LogP contribution < -0.4 is 0 Å². The third-order valence-corrected chi connectivity index (χ3v) is 8.12. The number of aliphatic hydroxyl groups is 1. The van der Waals surface area contributed by atoms with Crippen LogP contribution >= 0.6 is 0 Å². The minimum absolute atomic E-state index is 0.142. The van der Waals surface area contributed by atoms with Gasteiger partial charge in [0.15, 0.2) is 0 Å². The molecule has 5 rings (SSSR count). The van der Waals surface area contributed by atoms with Crippen molar-refractivity contribution in [3.8, 4) is 0 Å². The average molecular weight is 407 g/mol. The lowest BCUT2D eigenvalue weighted by Gasteiger charge is -2.40. The molecule has 0 aromatic carbocycles. The predicted molar refractivity (Wildman–Crippen MR) is 105 cm³/mol. The molecule has 0 aromatic rings. The molecular formula is C22H34N2O5. The number of hydrogen-bond acceptors (Lipinski definition) is 5. The highest BCUT2D eigenvalue weighted by Gasteiger charge is 2.50. The Balaban J connectivity index is 1.07. The minimum Gasteiger partial charge on any atom is -0.380 e. The molecule has 2 aliphatic heterocycles. The molecule has 5 aliphatic rings. The first-order valence-corrected chi connectivity index (χ1v) is 11.6. The van der Waals surface area contributed by atoms with Crippen molar-refractivity contribution in [2.75, 3.05) is 33.0 Å². The molecule has 2 saturated heterocycles. The number of carbonyl (C=O) groups is 2. The summed E-state index contributed by atoms with van der Waals surface area (Å²) in [7, 11) is 0. The van der Waals surface area contributed by atoms with Gasteiger partial charge in [-0.3, -0.25) is 9.59 Å². The summed E-state index contributed by atoms with van der Waals surface area (Å²) in [6.45, 7) is 2.76. The van der Waals surface area contributed by atoms with Crippen molar-refractivity contribution in [2.24, 2.45) is 17.8 Å². The number of fused-ring (bicyclic) bond motifs is 1. The van der Waals surface area contributed by atoms with E-state index in [0.717, 1.165) is 50.4 Å². The van der Waals surface area contributed by atoms with Gasteiger partial charge in [-0.1, -0.05) is 0 Å². The maximum Gasteiger partial charge on any atom is 0.254 e. The topological polar surface area (TPSA) is 79.3 Å². The first-order valence-electron chi connectivity index (χ1n) is 11.6. The second-order valence-electron chi connectivity index (χ2n) is 9.86. The third-order valence-electron chi connectivity index (χ3n) is 8.12. The smallest absolute Gasteiger partial charge is 0.254 e. The van der Waals surface area contributed by atoms with E-state index in [-0.39, 0.29) is 17.7 Å². The van der Waals surface area contributed by atoms with Crippen LogP contribution in [0, 0.1) is 17.8 Å². The summed E-state index contributed by atoms with van der Waals surface area (Å²) < 4.78 is 11.4. The zero-order chi connectivity index (χ0) is 20.0. The summed E-state index contributed by atoms with van der Waals surface area (Å²) in [6.07, 6.45) is 9.50. The Kier molecular flexibility index (Phi) is 5.33. The van der Waals surface area contributed by atoms with Gasteiger partial charge < -0.3 is 24.4 Å². The zero-order valence-corrected chi connectivity index (χ0v) is 17.3. The van der Waals surface area contributed by atoms with Gasteiger partial charge in [0, 0.05) is 32.1 Å². The Morgan fingerprint density at radius 3 is 2.10 bits per heavy atom. The van der Waals surface area contributed by atoms with Crippen LogP contribution in [0.5, 0.6) is 0 Å². The summed E-state index contributed by atoms with van der Waals surface area (Å²) in [5.74, 6) is 1.71. The monoisotopic (exact) mass is 406 g/mol. The summed E-state index contributed by atoms with van der Waals surface area (Å²) in [6, 6.07) is 0.